The Balaban J connectivity index is 0.000000720. The lowest BCUT2D eigenvalue weighted by atomic mass is 10.3. The number of hydrogen-bond donors (Lipinski definition) is 0. The highest BCUT2D eigenvalue weighted by atomic mass is 35.5. The van der Waals surface area contributed by atoms with E-state index in [1.54, 1.807) is 11.3 Å². The summed E-state index contributed by atoms with van der Waals surface area (Å²) < 4.78 is 2.09. The van der Waals surface area contributed by atoms with Gasteiger partial charge >= 0.3 is 4.96 Å². The van der Waals surface area contributed by atoms with E-state index < -0.39 is 0 Å². The molecule has 0 saturated carbocycles. The maximum absolute atomic E-state index is 4.38. The van der Waals surface area contributed by atoms with Gasteiger partial charge < -0.3 is 12.4 Å². The molecular formula is C8H9ClN2S. The lowest BCUT2D eigenvalue weighted by molar-refractivity contribution is -0.517. The highest BCUT2D eigenvalue weighted by Crippen LogP contribution is 2.04. The summed E-state index contributed by atoms with van der Waals surface area (Å²) in [5.74, 6) is 0. The molecule has 0 amide bonds. The number of rotatable bonds is 0. The summed E-state index contributed by atoms with van der Waals surface area (Å²) in [5.41, 5.74) is 2.33. The van der Waals surface area contributed by atoms with Crippen LogP contribution in [-0.2, 0) is 0 Å². The summed E-state index contributed by atoms with van der Waals surface area (Å²) in [6.45, 7) is 4.11. The molecule has 0 aromatic carbocycles. The van der Waals surface area contributed by atoms with E-state index >= 15 is 0 Å². The summed E-state index contributed by atoms with van der Waals surface area (Å²) in [7, 11) is 0. The van der Waals surface area contributed by atoms with Crippen molar-refractivity contribution in [3.8, 4) is 0 Å². The molecule has 0 aliphatic carbocycles. The number of nitrogens with zero attached hydrogens (tertiary/aromatic N) is 2. The minimum absolute atomic E-state index is 0. The first-order valence-corrected chi connectivity index (χ1v) is 4.38. The normalized spacial score (nSPS) is 9.83. The quantitative estimate of drug-likeness (QED) is 0.474. The third-order valence-corrected chi connectivity index (χ3v) is 2.42. The van der Waals surface area contributed by atoms with Gasteiger partial charge in [0.15, 0.2) is 5.69 Å². The third-order valence-electron chi connectivity index (χ3n) is 1.66. The fraction of sp³-hybridized carbons (Fsp3) is 0.250. The Bertz CT molecular complexity index is 397. The van der Waals surface area contributed by atoms with Crippen molar-refractivity contribution in [2.75, 3.05) is 0 Å². The first kappa shape index (κ1) is 9.42. The zero-order valence-corrected chi connectivity index (χ0v) is 8.49. The van der Waals surface area contributed by atoms with Crippen LogP contribution in [-0.4, -0.2) is 4.98 Å². The second-order valence-electron chi connectivity index (χ2n) is 2.59. The summed E-state index contributed by atoms with van der Waals surface area (Å²) >= 11 is 1.67. The van der Waals surface area contributed by atoms with Crippen LogP contribution in [0.4, 0.5) is 0 Å². The van der Waals surface area contributed by atoms with Crippen molar-refractivity contribution in [3.63, 3.8) is 0 Å². The Morgan fingerprint density at radius 3 is 2.92 bits per heavy atom. The Labute approximate surface area is 81.3 Å². The molecule has 0 N–H and O–H groups in total. The Morgan fingerprint density at radius 2 is 2.17 bits per heavy atom. The van der Waals surface area contributed by atoms with E-state index in [2.05, 4.69) is 27.8 Å². The standard InChI is InChI=1S/C8H9N2S.ClH/c1-6-5-7(2)10-3-4-11-8(10)9-6;/h3-5H,1-2H3;1H/q+1;/p-1. The van der Waals surface area contributed by atoms with E-state index in [0.29, 0.717) is 0 Å². The van der Waals surface area contributed by atoms with E-state index in [-0.39, 0.29) is 12.4 Å². The molecule has 0 spiro atoms. The molecule has 0 atom stereocenters. The van der Waals surface area contributed by atoms with Gasteiger partial charge in [-0.2, -0.15) is 4.40 Å². The van der Waals surface area contributed by atoms with Crippen molar-refractivity contribution < 1.29 is 16.8 Å². The highest BCUT2D eigenvalue weighted by molar-refractivity contribution is 7.14. The van der Waals surface area contributed by atoms with Crippen molar-refractivity contribution in [1.29, 1.82) is 0 Å². The average molecular weight is 201 g/mol. The highest BCUT2D eigenvalue weighted by Gasteiger charge is 2.08. The van der Waals surface area contributed by atoms with E-state index in [4.69, 9.17) is 0 Å². The fourth-order valence-corrected chi connectivity index (χ4v) is 2.00. The SMILES string of the molecule is Cc1cc(C)[n+]2ccsc2n1.[Cl-]. The molecule has 4 heteroatoms. The van der Waals surface area contributed by atoms with E-state index in [9.17, 15) is 0 Å². The van der Waals surface area contributed by atoms with Gasteiger partial charge in [-0.15, -0.1) is 0 Å². The third kappa shape index (κ3) is 1.42. The van der Waals surface area contributed by atoms with Crippen LogP contribution in [0.25, 0.3) is 4.96 Å². The van der Waals surface area contributed by atoms with Crippen molar-refractivity contribution in [2.24, 2.45) is 0 Å². The van der Waals surface area contributed by atoms with Crippen LogP contribution >= 0.6 is 11.3 Å². The van der Waals surface area contributed by atoms with Crippen LogP contribution in [0.5, 0.6) is 0 Å². The predicted octanol–water partition coefficient (Wildman–Crippen LogP) is -1.50. The molecule has 2 aromatic heterocycles. The monoisotopic (exact) mass is 200 g/mol. The van der Waals surface area contributed by atoms with Crippen molar-refractivity contribution in [1.82, 2.24) is 4.98 Å². The lowest BCUT2D eigenvalue weighted by Crippen LogP contribution is -3.00. The van der Waals surface area contributed by atoms with E-state index in [0.717, 1.165) is 10.7 Å². The van der Waals surface area contributed by atoms with Crippen LogP contribution < -0.4 is 16.8 Å². The van der Waals surface area contributed by atoms with Crippen molar-refractivity contribution in [2.45, 2.75) is 13.8 Å². The first-order valence-electron chi connectivity index (χ1n) is 3.50. The van der Waals surface area contributed by atoms with Crippen molar-refractivity contribution in [3.05, 3.63) is 29.0 Å². The average Bonchev–Trinajstić information content (AvgIpc) is 2.34. The topological polar surface area (TPSA) is 17.0 Å². The summed E-state index contributed by atoms with van der Waals surface area (Å²) in [5, 5.41) is 2.05. The molecule has 0 radical (unpaired) electrons. The smallest absolute Gasteiger partial charge is 0.387 e. The largest absolute Gasteiger partial charge is 1.00 e. The fourth-order valence-electron chi connectivity index (χ4n) is 1.18. The van der Waals surface area contributed by atoms with Gasteiger partial charge in [-0.25, -0.2) is 0 Å². The zero-order chi connectivity index (χ0) is 7.84. The van der Waals surface area contributed by atoms with Gasteiger partial charge in [-0.1, -0.05) is 11.3 Å². The second-order valence-corrected chi connectivity index (χ2v) is 3.47. The van der Waals surface area contributed by atoms with Crippen LogP contribution in [0.2, 0.25) is 0 Å². The minimum Gasteiger partial charge on any atom is -1.00 e. The maximum Gasteiger partial charge on any atom is 0.387 e. The van der Waals surface area contributed by atoms with Crippen LogP contribution in [0.1, 0.15) is 11.4 Å². The van der Waals surface area contributed by atoms with E-state index in [1.165, 1.54) is 5.69 Å². The Kier molecular flexibility index (Phi) is 2.65. The summed E-state index contributed by atoms with van der Waals surface area (Å²) in [6, 6.07) is 2.08. The van der Waals surface area contributed by atoms with Crippen LogP contribution in [0.15, 0.2) is 17.6 Å². The van der Waals surface area contributed by atoms with Gasteiger partial charge in [0.05, 0.1) is 0 Å². The maximum atomic E-state index is 4.38. The number of aryl methyl sites for hydroxylation is 2. The molecule has 64 valence electrons. The number of hydrogen-bond acceptors (Lipinski definition) is 2. The van der Waals surface area contributed by atoms with Gasteiger partial charge in [0.2, 0.25) is 0 Å². The van der Waals surface area contributed by atoms with Crippen LogP contribution in [0, 0.1) is 13.8 Å². The Hall–Kier alpha value is -0.670. The minimum atomic E-state index is 0. The molecule has 2 nitrogen and oxygen atoms in total. The van der Waals surface area contributed by atoms with Gasteiger partial charge in [-0.3, -0.25) is 0 Å². The van der Waals surface area contributed by atoms with Gasteiger partial charge in [-0.05, 0) is 11.9 Å². The molecule has 0 saturated heterocycles. The van der Waals surface area contributed by atoms with E-state index in [1.807, 2.05) is 13.1 Å². The molecular weight excluding hydrogens is 192 g/mol. The Morgan fingerprint density at radius 1 is 1.42 bits per heavy atom. The van der Waals surface area contributed by atoms with Gasteiger partial charge in [0.1, 0.15) is 11.9 Å². The molecule has 0 bridgehead atoms. The molecule has 0 aliphatic rings. The molecule has 2 rings (SSSR count). The van der Waals surface area contributed by atoms with Crippen molar-refractivity contribution >= 4 is 16.3 Å². The number of halogens is 1. The number of fused-ring (bicyclic) bond motifs is 1. The predicted molar refractivity (Wildman–Crippen MR) is 44.7 cm³/mol. The first-order chi connectivity index (χ1) is 5.27. The molecule has 2 heterocycles. The number of aromatic nitrogens is 2. The summed E-state index contributed by atoms with van der Waals surface area (Å²) in [6.07, 6.45) is 2.04. The van der Waals surface area contributed by atoms with Gasteiger partial charge in [0, 0.05) is 18.4 Å². The number of thiazole rings is 1. The molecule has 0 aliphatic heterocycles. The lowest BCUT2D eigenvalue weighted by Gasteiger charge is -1.88. The van der Waals surface area contributed by atoms with Gasteiger partial charge in [0.25, 0.3) is 0 Å². The molecule has 0 unspecified atom stereocenters. The van der Waals surface area contributed by atoms with Crippen LogP contribution in [0.3, 0.4) is 0 Å². The molecule has 2 aromatic rings. The second kappa shape index (κ2) is 3.37. The summed E-state index contributed by atoms with van der Waals surface area (Å²) in [4.78, 5) is 5.45. The zero-order valence-electron chi connectivity index (χ0n) is 6.91. The molecule has 12 heavy (non-hydrogen) atoms. The molecule has 0 fully saturated rings.